The van der Waals surface area contributed by atoms with E-state index in [4.69, 9.17) is 4.74 Å². The van der Waals surface area contributed by atoms with Crippen LogP contribution in [0.3, 0.4) is 0 Å². The summed E-state index contributed by atoms with van der Waals surface area (Å²) in [6.07, 6.45) is -0.0862. The lowest BCUT2D eigenvalue weighted by atomic mass is 10.3. The fourth-order valence-corrected chi connectivity index (χ4v) is 2.49. The molecule has 1 heterocycles. The average molecular weight is 205 g/mol. The van der Waals surface area contributed by atoms with E-state index in [1.165, 1.54) is 4.31 Å². The zero-order valence-electron chi connectivity index (χ0n) is 7.93. The summed E-state index contributed by atoms with van der Waals surface area (Å²) in [5, 5.41) is 0.984. The lowest BCUT2D eigenvalue weighted by Crippen LogP contribution is -2.47. The topological polar surface area (TPSA) is 46.6 Å². The van der Waals surface area contributed by atoms with Crippen molar-refractivity contribution in [3.05, 3.63) is 12.0 Å². The van der Waals surface area contributed by atoms with Crippen LogP contribution in [0.4, 0.5) is 0 Å². The third-order valence-corrected chi connectivity index (χ3v) is 3.40. The van der Waals surface area contributed by atoms with Gasteiger partial charge in [-0.05, 0) is 13.8 Å². The second-order valence-corrected chi connectivity index (χ2v) is 5.17. The third-order valence-electron chi connectivity index (χ3n) is 1.96. The fourth-order valence-electron chi connectivity index (χ4n) is 1.44. The van der Waals surface area contributed by atoms with Crippen LogP contribution in [0, 0.1) is 0 Å². The first-order valence-electron chi connectivity index (χ1n) is 4.23. The molecule has 1 fully saturated rings. The van der Waals surface area contributed by atoms with Crippen molar-refractivity contribution >= 4 is 10.0 Å². The predicted molar refractivity (Wildman–Crippen MR) is 50.7 cm³/mol. The number of hydrogen-bond donors (Lipinski definition) is 0. The van der Waals surface area contributed by atoms with E-state index < -0.39 is 10.0 Å². The molecule has 0 aliphatic carbocycles. The van der Waals surface area contributed by atoms with Gasteiger partial charge in [0.1, 0.15) is 0 Å². The molecule has 0 spiro atoms. The summed E-state index contributed by atoms with van der Waals surface area (Å²) >= 11 is 0. The molecule has 0 radical (unpaired) electrons. The number of morpholine rings is 1. The summed E-state index contributed by atoms with van der Waals surface area (Å²) in [7, 11) is -3.27. The molecule has 0 aromatic carbocycles. The molecular weight excluding hydrogens is 190 g/mol. The second-order valence-electron chi connectivity index (χ2n) is 3.29. The standard InChI is InChI=1S/C8H15NO3S/c1-4-13(10,11)9-5-7(2)12-8(3)6-9/h4,7-8H,1,5-6H2,2-3H3/t7-,8+. The van der Waals surface area contributed by atoms with Crippen LogP contribution in [-0.4, -0.2) is 38.0 Å². The van der Waals surface area contributed by atoms with Crippen molar-refractivity contribution in [2.24, 2.45) is 0 Å². The Bertz CT molecular complexity index is 276. The molecule has 13 heavy (non-hydrogen) atoms. The number of sulfonamides is 1. The first kappa shape index (κ1) is 10.7. The van der Waals surface area contributed by atoms with Crippen molar-refractivity contribution < 1.29 is 13.2 Å². The summed E-state index contributed by atoms with van der Waals surface area (Å²) in [5.74, 6) is 0. The quantitative estimate of drug-likeness (QED) is 0.662. The SMILES string of the molecule is C=CS(=O)(=O)N1C[C@@H](C)O[C@@H](C)C1. The fraction of sp³-hybridized carbons (Fsp3) is 0.750. The number of ether oxygens (including phenoxy) is 1. The molecule has 4 nitrogen and oxygen atoms in total. The third kappa shape index (κ3) is 2.52. The Labute approximate surface area is 79.2 Å². The van der Waals surface area contributed by atoms with Crippen LogP contribution in [0.5, 0.6) is 0 Å². The number of nitrogens with zero attached hydrogens (tertiary/aromatic N) is 1. The molecule has 0 unspecified atom stereocenters. The molecule has 1 aliphatic rings. The van der Waals surface area contributed by atoms with Crippen LogP contribution in [0.2, 0.25) is 0 Å². The maximum Gasteiger partial charge on any atom is 0.235 e. The number of rotatable bonds is 2. The van der Waals surface area contributed by atoms with Crippen LogP contribution in [-0.2, 0) is 14.8 Å². The summed E-state index contributed by atoms with van der Waals surface area (Å²) in [6.45, 7) is 7.84. The Morgan fingerprint density at radius 2 is 1.85 bits per heavy atom. The minimum absolute atomic E-state index is 0.0431. The zero-order valence-corrected chi connectivity index (χ0v) is 8.75. The molecule has 76 valence electrons. The van der Waals surface area contributed by atoms with Gasteiger partial charge in [-0.25, -0.2) is 8.42 Å². The summed E-state index contributed by atoms with van der Waals surface area (Å²) in [5.41, 5.74) is 0. The molecule has 1 aliphatic heterocycles. The Morgan fingerprint density at radius 3 is 2.23 bits per heavy atom. The van der Waals surface area contributed by atoms with Gasteiger partial charge >= 0.3 is 0 Å². The van der Waals surface area contributed by atoms with Crippen molar-refractivity contribution in [1.29, 1.82) is 0 Å². The largest absolute Gasteiger partial charge is 0.373 e. The van der Waals surface area contributed by atoms with E-state index in [2.05, 4.69) is 6.58 Å². The monoisotopic (exact) mass is 205 g/mol. The maximum absolute atomic E-state index is 11.4. The number of hydrogen-bond acceptors (Lipinski definition) is 3. The first-order valence-corrected chi connectivity index (χ1v) is 5.74. The lowest BCUT2D eigenvalue weighted by Gasteiger charge is -2.33. The lowest BCUT2D eigenvalue weighted by molar-refractivity contribution is -0.0437. The van der Waals surface area contributed by atoms with Gasteiger partial charge in [0.05, 0.1) is 12.2 Å². The molecule has 5 heteroatoms. The highest BCUT2D eigenvalue weighted by Gasteiger charge is 2.28. The van der Waals surface area contributed by atoms with Gasteiger partial charge in [0.2, 0.25) is 10.0 Å². The van der Waals surface area contributed by atoms with Crippen molar-refractivity contribution in [3.8, 4) is 0 Å². The van der Waals surface area contributed by atoms with Gasteiger partial charge in [-0.1, -0.05) is 6.58 Å². The van der Waals surface area contributed by atoms with E-state index >= 15 is 0 Å². The van der Waals surface area contributed by atoms with E-state index in [-0.39, 0.29) is 12.2 Å². The highest BCUT2D eigenvalue weighted by Crippen LogP contribution is 2.14. The Balaban J connectivity index is 2.76. The normalized spacial score (nSPS) is 31.5. The Kier molecular flexibility index (Phi) is 3.10. The zero-order chi connectivity index (χ0) is 10.1. The van der Waals surface area contributed by atoms with Gasteiger partial charge in [-0.3, -0.25) is 0 Å². The molecular formula is C8H15NO3S. The van der Waals surface area contributed by atoms with E-state index in [1.54, 1.807) is 0 Å². The minimum Gasteiger partial charge on any atom is -0.373 e. The molecule has 2 atom stereocenters. The van der Waals surface area contributed by atoms with Crippen molar-refractivity contribution in [2.75, 3.05) is 13.1 Å². The molecule has 0 N–H and O–H groups in total. The highest BCUT2D eigenvalue weighted by atomic mass is 32.2. The van der Waals surface area contributed by atoms with Gasteiger partial charge in [-0.15, -0.1) is 0 Å². The Morgan fingerprint density at radius 1 is 1.38 bits per heavy atom. The van der Waals surface area contributed by atoms with Crippen LogP contribution in [0.1, 0.15) is 13.8 Å². The molecule has 0 aromatic heterocycles. The van der Waals surface area contributed by atoms with Gasteiger partial charge in [0.15, 0.2) is 0 Å². The van der Waals surface area contributed by atoms with Crippen LogP contribution in [0.15, 0.2) is 12.0 Å². The van der Waals surface area contributed by atoms with Gasteiger partial charge in [0.25, 0.3) is 0 Å². The smallest absolute Gasteiger partial charge is 0.235 e. The summed E-state index contributed by atoms with van der Waals surface area (Å²) < 4.78 is 29.6. The van der Waals surface area contributed by atoms with E-state index in [0.717, 1.165) is 5.41 Å². The Hall–Kier alpha value is -0.390. The molecule has 0 amide bonds. The van der Waals surface area contributed by atoms with Crippen molar-refractivity contribution in [2.45, 2.75) is 26.1 Å². The summed E-state index contributed by atoms with van der Waals surface area (Å²) in [6, 6.07) is 0. The second kappa shape index (κ2) is 3.77. The van der Waals surface area contributed by atoms with Gasteiger partial charge < -0.3 is 4.74 Å². The minimum atomic E-state index is -3.27. The van der Waals surface area contributed by atoms with Crippen molar-refractivity contribution in [3.63, 3.8) is 0 Å². The molecule has 1 saturated heterocycles. The molecule has 0 aromatic rings. The van der Waals surface area contributed by atoms with Crippen LogP contribution >= 0.6 is 0 Å². The van der Waals surface area contributed by atoms with E-state index in [9.17, 15) is 8.42 Å². The van der Waals surface area contributed by atoms with Gasteiger partial charge in [-0.2, -0.15) is 4.31 Å². The first-order chi connectivity index (χ1) is 5.95. The molecule has 0 saturated carbocycles. The molecule has 0 bridgehead atoms. The predicted octanol–water partition coefficient (Wildman–Crippen LogP) is 0.569. The maximum atomic E-state index is 11.4. The van der Waals surface area contributed by atoms with Gasteiger partial charge in [0, 0.05) is 18.5 Å². The van der Waals surface area contributed by atoms with Crippen LogP contribution in [0.25, 0.3) is 0 Å². The molecule has 1 rings (SSSR count). The van der Waals surface area contributed by atoms with Crippen molar-refractivity contribution in [1.82, 2.24) is 4.31 Å². The highest BCUT2D eigenvalue weighted by molar-refractivity contribution is 7.92. The van der Waals surface area contributed by atoms with E-state index in [1.807, 2.05) is 13.8 Å². The van der Waals surface area contributed by atoms with E-state index in [0.29, 0.717) is 13.1 Å². The summed E-state index contributed by atoms with van der Waals surface area (Å²) in [4.78, 5) is 0. The van der Waals surface area contributed by atoms with Crippen LogP contribution < -0.4 is 0 Å². The average Bonchev–Trinajstić information content (AvgIpc) is 2.02.